The van der Waals surface area contributed by atoms with Gasteiger partial charge in [0.05, 0.1) is 12.5 Å². The predicted octanol–water partition coefficient (Wildman–Crippen LogP) is 3.32. The molecule has 1 aliphatic heterocycles. The summed E-state index contributed by atoms with van der Waals surface area (Å²) in [5.74, 6) is 0.0148. The highest BCUT2D eigenvalue weighted by Gasteiger charge is 2.23. The van der Waals surface area contributed by atoms with Crippen molar-refractivity contribution in [3.05, 3.63) is 35.4 Å². The van der Waals surface area contributed by atoms with E-state index >= 15 is 0 Å². The fourth-order valence-corrected chi connectivity index (χ4v) is 3.15. The van der Waals surface area contributed by atoms with Crippen molar-refractivity contribution in [2.45, 2.75) is 39.0 Å². The van der Waals surface area contributed by atoms with Crippen LogP contribution in [0.15, 0.2) is 24.3 Å². The van der Waals surface area contributed by atoms with Crippen LogP contribution in [0.1, 0.15) is 43.7 Å². The molecule has 1 atom stereocenters. The number of nitrogens with one attached hydrogen (secondary N) is 1. The minimum atomic E-state index is -0.0778. The number of allylic oxidation sites excluding steroid dienone is 2. The average Bonchev–Trinajstić information content (AvgIpc) is 2.55. The van der Waals surface area contributed by atoms with E-state index in [9.17, 15) is 9.59 Å². The summed E-state index contributed by atoms with van der Waals surface area (Å²) < 4.78 is 5.10. The van der Waals surface area contributed by atoms with Crippen molar-refractivity contribution in [2.24, 2.45) is 5.92 Å². The molecule has 1 unspecified atom stereocenters. The van der Waals surface area contributed by atoms with E-state index < -0.39 is 0 Å². The molecule has 0 saturated heterocycles. The van der Waals surface area contributed by atoms with E-state index in [0.29, 0.717) is 13.0 Å². The standard InChI is InChI=1S/C18H21NO3/c1-2-22-18(21)13-5-3-12(4-6-13)14-7-9-16-15(11-14)8-10-17(20)19-16/h3,7,9,11,13H,2,4-6,8,10H2,1H3,(H,19,20). The second kappa shape index (κ2) is 6.34. The van der Waals surface area contributed by atoms with E-state index in [1.54, 1.807) is 0 Å². The van der Waals surface area contributed by atoms with Gasteiger partial charge < -0.3 is 10.1 Å². The van der Waals surface area contributed by atoms with Crippen molar-refractivity contribution < 1.29 is 14.3 Å². The molecule has 1 amide bonds. The molecule has 0 bridgehead atoms. The van der Waals surface area contributed by atoms with Crippen molar-refractivity contribution in [2.75, 3.05) is 11.9 Å². The number of ether oxygens (including phenoxy) is 1. The number of rotatable bonds is 3. The van der Waals surface area contributed by atoms with Crippen LogP contribution >= 0.6 is 0 Å². The first-order valence-electron chi connectivity index (χ1n) is 7.96. The zero-order chi connectivity index (χ0) is 15.5. The molecule has 1 N–H and O–H groups in total. The highest BCUT2D eigenvalue weighted by atomic mass is 16.5. The maximum atomic E-state index is 11.8. The summed E-state index contributed by atoms with van der Waals surface area (Å²) in [6.45, 7) is 2.29. The minimum absolute atomic E-state index is 0.000570. The summed E-state index contributed by atoms with van der Waals surface area (Å²) in [5, 5.41) is 2.91. The Kier molecular flexibility index (Phi) is 4.27. The van der Waals surface area contributed by atoms with Crippen LogP contribution in [0.2, 0.25) is 0 Å². The summed E-state index contributed by atoms with van der Waals surface area (Å²) in [7, 11) is 0. The Hall–Kier alpha value is -2.10. The SMILES string of the molecule is CCOC(=O)C1CC=C(c2ccc3c(c2)CCC(=O)N3)CC1. The zero-order valence-corrected chi connectivity index (χ0v) is 12.9. The van der Waals surface area contributed by atoms with Gasteiger partial charge in [-0.3, -0.25) is 9.59 Å². The average molecular weight is 299 g/mol. The molecule has 1 heterocycles. The smallest absolute Gasteiger partial charge is 0.309 e. The molecule has 1 aromatic carbocycles. The molecule has 4 nitrogen and oxygen atoms in total. The number of esters is 1. The van der Waals surface area contributed by atoms with Crippen LogP contribution in [0.4, 0.5) is 5.69 Å². The van der Waals surface area contributed by atoms with Gasteiger partial charge in [0.1, 0.15) is 0 Å². The number of carbonyl (C=O) groups excluding carboxylic acids is 2. The Morgan fingerprint density at radius 1 is 1.32 bits per heavy atom. The van der Waals surface area contributed by atoms with Crippen molar-refractivity contribution in [1.29, 1.82) is 0 Å². The Morgan fingerprint density at radius 3 is 2.91 bits per heavy atom. The van der Waals surface area contributed by atoms with E-state index in [0.717, 1.165) is 31.4 Å². The van der Waals surface area contributed by atoms with Gasteiger partial charge in [0.25, 0.3) is 0 Å². The number of aryl methyl sites for hydroxylation is 1. The van der Waals surface area contributed by atoms with Gasteiger partial charge in [0, 0.05) is 12.1 Å². The van der Waals surface area contributed by atoms with E-state index in [1.807, 2.05) is 13.0 Å². The number of hydrogen-bond donors (Lipinski definition) is 1. The van der Waals surface area contributed by atoms with E-state index in [2.05, 4.69) is 23.5 Å². The third-order valence-corrected chi connectivity index (χ3v) is 4.40. The second-order valence-corrected chi connectivity index (χ2v) is 5.87. The van der Waals surface area contributed by atoms with Crippen molar-refractivity contribution in [3.63, 3.8) is 0 Å². The van der Waals surface area contributed by atoms with Crippen LogP contribution in [0.5, 0.6) is 0 Å². The van der Waals surface area contributed by atoms with Crippen molar-refractivity contribution in [3.8, 4) is 0 Å². The van der Waals surface area contributed by atoms with Crippen LogP contribution in [0, 0.1) is 5.92 Å². The maximum Gasteiger partial charge on any atom is 0.309 e. The van der Waals surface area contributed by atoms with E-state index in [4.69, 9.17) is 4.74 Å². The Morgan fingerprint density at radius 2 is 2.18 bits per heavy atom. The first kappa shape index (κ1) is 14.8. The maximum absolute atomic E-state index is 11.8. The molecular weight excluding hydrogens is 278 g/mol. The summed E-state index contributed by atoms with van der Waals surface area (Å²) in [5.41, 5.74) is 4.63. The lowest BCUT2D eigenvalue weighted by Crippen LogP contribution is -2.20. The highest BCUT2D eigenvalue weighted by Crippen LogP contribution is 2.33. The van der Waals surface area contributed by atoms with Gasteiger partial charge >= 0.3 is 5.97 Å². The van der Waals surface area contributed by atoms with Gasteiger partial charge in [0.15, 0.2) is 0 Å². The summed E-state index contributed by atoms with van der Waals surface area (Å²) in [4.78, 5) is 23.2. The quantitative estimate of drug-likeness (QED) is 0.871. The first-order chi connectivity index (χ1) is 10.7. The molecular formula is C18H21NO3. The molecule has 0 fully saturated rings. The van der Waals surface area contributed by atoms with Gasteiger partial charge in [-0.1, -0.05) is 12.1 Å². The van der Waals surface area contributed by atoms with Gasteiger partial charge in [0.2, 0.25) is 5.91 Å². The largest absolute Gasteiger partial charge is 0.466 e. The topological polar surface area (TPSA) is 55.4 Å². The lowest BCUT2D eigenvalue weighted by Gasteiger charge is -2.22. The normalized spacial score (nSPS) is 20.7. The molecule has 1 aliphatic carbocycles. The fraction of sp³-hybridized carbons (Fsp3) is 0.444. The van der Waals surface area contributed by atoms with E-state index in [1.165, 1.54) is 16.7 Å². The van der Waals surface area contributed by atoms with Gasteiger partial charge in [-0.2, -0.15) is 0 Å². The summed E-state index contributed by atoms with van der Waals surface area (Å²) >= 11 is 0. The minimum Gasteiger partial charge on any atom is -0.466 e. The molecule has 2 aliphatic rings. The summed E-state index contributed by atoms with van der Waals surface area (Å²) in [6.07, 6.45) is 6.01. The van der Waals surface area contributed by atoms with Gasteiger partial charge in [-0.25, -0.2) is 0 Å². The molecule has 0 radical (unpaired) electrons. The molecule has 0 saturated carbocycles. The van der Waals surface area contributed by atoms with Crippen LogP contribution in [0.3, 0.4) is 0 Å². The fourth-order valence-electron chi connectivity index (χ4n) is 3.15. The lowest BCUT2D eigenvalue weighted by molar-refractivity contribution is -0.148. The van der Waals surface area contributed by atoms with Crippen LogP contribution in [-0.4, -0.2) is 18.5 Å². The third kappa shape index (κ3) is 3.06. The monoisotopic (exact) mass is 299 g/mol. The lowest BCUT2D eigenvalue weighted by atomic mass is 9.85. The highest BCUT2D eigenvalue weighted by molar-refractivity contribution is 5.94. The molecule has 0 spiro atoms. The molecule has 3 rings (SSSR count). The van der Waals surface area contributed by atoms with Crippen LogP contribution in [0.25, 0.3) is 5.57 Å². The van der Waals surface area contributed by atoms with Crippen molar-refractivity contribution >= 4 is 23.1 Å². The molecule has 22 heavy (non-hydrogen) atoms. The Labute approximate surface area is 130 Å². The van der Waals surface area contributed by atoms with Gasteiger partial charge in [-0.05, 0) is 61.4 Å². The zero-order valence-electron chi connectivity index (χ0n) is 12.9. The van der Waals surface area contributed by atoms with Crippen molar-refractivity contribution in [1.82, 2.24) is 0 Å². The number of benzene rings is 1. The molecule has 0 aromatic heterocycles. The number of fused-ring (bicyclic) bond motifs is 1. The van der Waals surface area contributed by atoms with Crippen LogP contribution in [-0.2, 0) is 20.7 Å². The number of carbonyl (C=O) groups is 2. The number of anilines is 1. The third-order valence-electron chi connectivity index (χ3n) is 4.40. The van der Waals surface area contributed by atoms with Crippen LogP contribution < -0.4 is 5.32 Å². The molecule has 1 aromatic rings. The summed E-state index contributed by atoms with van der Waals surface area (Å²) in [6, 6.07) is 6.21. The second-order valence-electron chi connectivity index (χ2n) is 5.87. The predicted molar refractivity (Wildman–Crippen MR) is 85.3 cm³/mol. The first-order valence-corrected chi connectivity index (χ1v) is 7.96. The van der Waals surface area contributed by atoms with E-state index in [-0.39, 0.29) is 17.8 Å². The number of amides is 1. The number of hydrogen-bond acceptors (Lipinski definition) is 3. The molecule has 116 valence electrons. The molecule has 4 heteroatoms. The van der Waals surface area contributed by atoms with Gasteiger partial charge in [-0.15, -0.1) is 0 Å². The Balaban J connectivity index is 1.73. The Bertz CT molecular complexity index is 633.